The zero-order valence-corrected chi connectivity index (χ0v) is 14.6. The van der Waals surface area contributed by atoms with Gasteiger partial charge in [0.15, 0.2) is 0 Å². The summed E-state index contributed by atoms with van der Waals surface area (Å²) in [5.41, 5.74) is 1.62. The van der Waals surface area contributed by atoms with Crippen LogP contribution in [-0.2, 0) is 14.3 Å². The van der Waals surface area contributed by atoms with Crippen molar-refractivity contribution in [1.82, 2.24) is 10.3 Å². The second kappa shape index (κ2) is 8.91. The third-order valence-electron chi connectivity index (χ3n) is 4.01. The maximum Gasteiger partial charge on any atom is 0.253 e. The van der Waals surface area contributed by atoms with Crippen LogP contribution in [-0.4, -0.2) is 42.0 Å². The first kappa shape index (κ1) is 18.5. The maximum atomic E-state index is 12.0. The molecule has 3 rings (SSSR count). The average Bonchev–Trinajstić information content (AvgIpc) is 3.23. The molecule has 2 aromatic rings. The summed E-state index contributed by atoms with van der Waals surface area (Å²) in [6.45, 7) is 0.458. The Morgan fingerprint density at radius 3 is 2.30 bits per heavy atom. The van der Waals surface area contributed by atoms with Gasteiger partial charge >= 0.3 is 0 Å². The van der Waals surface area contributed by atoms with E-state index in [1.165, 1.54) is 12.4 Å². The van der Waals surface area contributed by atoms with Crippen molar-refractivity contribution in [3.8, 4) is 0 Å². The van der Waals surface area contributed by atoms with Gasteiger partial charge in [-0.25, -0.2) is 0 Å². The van der Waals surface area contributed by atoms with Crippen LogP contribution in [0, 0.1) is 0 Å². The van der Waals surface area contributed by atoms with E-state index in [2.05, 4.69) is 20.9 Å². The molecule has 0 aliphatic carbocycles. The number of hydrogen-bond acceptors (Lipinski definition) is 5. The van der Waals surface area contributed by atoms with Crippen LogP contribution in [0.25, 0.3) is 0 Å². The molecule has 1 aliphatic rings. The van der Waals surface area contributed by atoms with E-state index in [0.717, 1.165) is 12.8 Å². The van der Waals surface area contributed by atoms with E-state index >= 15 is 0 Å². The second-order valence-corrected chi connectivity index (χ2v) is 6.04. The van der Waals surface area contributed by atoms with Crippen molar-refractivity contribution < 1.29 is 19.1 Å². The lowest BCUT2D eigenvalue weighted by Crippen LogP contribution is -2.32. The topological polar surface area (TPSA) is 109 Å². The molecule has 1 aromatic carbocycles. The van der Waals surface area contributed by atoms with E-state index in [4.69, 9.17) is 4.74 Å². The number of rotatable bonds is 6. The van der Waals surface area contributed by atoms with E-state index in [9.17, 15) is 14.4 Å². The molecule has 8 nitrogen and oxygen atoms in total. The Morgan fingerprint density at radius 2 is 1.67 bits per heavy atom. The van der Waals surface area contributed by atoms with Crippen molar-refractivity contribution >= 4 is 29.1 Å². The van der Waals surface area contributed by atoms with Crippen molar-refractivity contribution in [1.29, 1.82) is 0 Å². The number of hydrogen-bond donors (Lipinski definition) is 3. The molecule has 140 valence electrons. The van der Waals surface area contributed by atoms with Gasteiger partial charge in [0, 0.05) is 35.9 Å². The Bertz CT molecular complexity index is 802. The lowest BCUT2D eigenvalue weighted by Gasteiger charge is -2.11. The lowest BCUT2D eigenvalue weighted by atomic mass is 10.2. The molecule has 0 bridgehead atoms. The molecule has 27 heavy (non-hydrogen) atoms. The molecule has 1 aromatic heterocycles. The van der Waals surface area contributed by atoms with Crippen LogP contribution in [0.15, 0.2) is 48.8 Å². The Hall–Kier alpha value is -3.26. The van der Waals surface area contributed by atoms with Gasteiger partial charge in [0.05, 0.1) is 6.54 Å². The summed E-state index contributed by atoms with van der Waals surface area (Å²) >= 11 is 0. The molecule has 0 spiro atoms. The lowest BCUT2D eigenvalue weighted by molar-refractivity contribution is -0.124. The summed E-state index contributed by atoms with van der Waals surface area (Å²) in [7, 11) is 0. The van der Waals surface area contributed by atoms with Crippen LogP contribution in [0.2, 0.25) is 0 Å². The van der Waals surface area contributed by atoms with Crippen LogP contribution in [0.3, 0.4) is 0 Å². The quantitative estimate of drug-likeness (QED) is 0.717. The van der Waals surface area contributed by atoms with Crippen molar-refractivity contribution in [2.75, 3.05) is 23.8 Å². The van der Waals surface area contributed by atoms with Gasteiger partial charge in [-0.2, -0.15) is 0 Å². The van der Waals surface area contributed by atoms with Crippen molar-refractivity contribution in [3.63, 3.8) is 0 Å². The summed E-state index contributed by atoms with van der Waals surface area (Å²) in [6.07, 6.45) is 4.24. The number of nitrogens with zero attached hydrogens (tertiary/aromatic N) is 1. The minimum absolute atomic E-state index is 0.154. The normalized spacial score (nSPS) is 15.8. The van der Waals surface area contributed by atoms with E-state index in [0.29, 0.717) is 23.5 Å². The summed E-state index contributed by atoms with van der Waals surface area (Å²) in [5, 5.41) is 8.00. The van der Waals surface area contributed by atoms with Crippen molar-refractivity contribution in [2.45, 2.75) is 18.9 Å². The maximum absolute atomic E-state index is 12.0. The number of pyridine rings is 1. The number of nitrogens with one attached hydrogen (secondary N) is 3. The molecule has 1 saturated heterocycles. The predicted molar refractivity (Wildman–Crippen MR) is 99.2 cm³/mol. The molecule has 1 aliphatic heterocycles. The molecule has 3 N–H and O–H groups in total. The van der Waals surface area contributed by atoms with E-state index in [1.807, 2.05) is 0 Å². The Morgan fingerprint density at radius 1 is 1.00 bits per heavy atom. The zero-order valence-electron chi connectivity index (χ0n) is 14.6. The van der Waals surface area contributed by atoms with Gasteiger partial charge in [0.25, 0.3) is 11.8 Å². The third kappa shape index (κ3) is 5.35. The summed E-state index contributed by atoms with van der Waals surface area (Å²) in [6, 6.07) is 9.87. The van der Waals surface area contributed by atoms with E-state index in [1.54, 1.807) is 36.4 Å². The average molecular weight is 368 g/mol. The Kier molecular flexibility index (Phi) is 6.11. The Balaban J connectivity index is 1.45. The number of aromatic nitrogens is 1. The van der Waals surface area contributed by atoms with Gasteiger partial charge in [-0.1, -0.05) is 0 Å². The van der Waals surface area contributed by atoms with Crippen molar-refractivity contribution in [3.05, 3.63) is 54.4 Å². The van der Waals surface area contributed by atoms with Gasteiger partial charge in [0.1, 0.15) is 6.10 Å². The standard InChI is InChI=1S/C19H20N4O4/c24-17(12-21-18(25)13-7-9-20-10-8-13)22-14-3-5-15(6-4-14)23-19(26)16-2-1-11-27-16/h3-10,16H,1-2,11-12H2,(H,21,25)(H,22,24)(H,23,26). The van der Waals surface area contributed by atoms with Crippen LogP contribution in [0.1, 0.15) is 23.2 Å². The summed E-state index contributed by atoms with van der Waals surface area (Å²) in [4.78, 5) is 39.7. The molecule has 2 heterocycles. The molecule has 0 saturated carbocycles. The Labute approximate surface area is 156 Å². The zero-order chi connectivity index (χ0) is 19.1. The van der Waals surface area contributed by atoms with E-state index < -0.39 is 6.10 Å². The molecular formula is C19H20N4O4. The first-order chi connectivity index (χ1) is 13.1. The summed E-state index contributed by atoms with van der Waals surface area (Å²) < 4.78 is 5.33. The highest BCUT2D eigenvalue weighted by molar-refractivity contribution is 5.99. The first-order valence-electron chi connectivity index (χ1n) is 8.62. The molecule has 1 unspecified atom stereocenters. The largest absolute Gasteiger partial charge is 0.368 e. The van der Waals surface area contributed by atoms with Crippen LogP contribution >= 0.6 is 0 Å². The minimum atomic E-state index is -0.395. The van der Waals surface area contributed by atoms with Crippen LogP contribution in [0.5, 0.6) is 0 Å². The molecule has 3 amide bonds. The summed E-state index contributed by atoms with van der Waals surface area (Å²) in [5.74, 6) is -0.864. The van der Waals surface area contributed by atoms with Gasteiger partial charge < -0.3 is 20.7 Å². The fraction of sp³-hybridized carbons (Fsp3) is 0.263. The molecule has 0 radical (unpaired) electrons. The minimum Gasteiger partial charge on any atom is -0.368 e. The smallest absolute Gasteiger partial charge is 0.253 e. The number of ether oxygens (including phenoxy) is 1. The molecule has 1 fully saturated rings. The number of amides is 3. The highest BCUT2D eigenvalue weighted by Gasteiger charge is 2.23. The SMILES string of the molecule is O=C(CNC(=O)c1ccncc1)Nc1ccc(NC(=O)C2CCCO2)cc1. The van der Waals surface area contributed by atoms with Gasteiger partial charge in [-0.15, -0.1) is 0 Å². The van der Waals surface area contributed by atoms with Gasteiger partial charge in [-0.05, 0) is 49.2 Å². The number of anilines is 2. The predicted octanol–water partition coefficient (Wildman–Crippen LogP) is 1.57. The molecule has 8 heteroatoms. The van der Waals surface area contributed by atoms with Crippen LogP contribution < -0.4 is 16.0 Å². The highest BCUT2D eigenvalue weighted by Crippen LogP contribution is 2.17. The monoisotopic (exact) mass is 368 g/mol. The highest BCUT2D eigenvalue weighted by atomic mass is 16.5. The third-order valence-corrected chi connectivity index (χ3v) is 4.01. The fourth-order valence-electron chi connectivity index (χ4n) is 2.62. The number of carbonyl (C=O) groups is 3. The van der Waals surface area contributed by atoms with Gasteiger partial charge in [-0.3, -0.25) is 19.4 Å². The number of carbonyl (C=O) groups excluding carboxylic acids is 3. The van der Waals surface area contributed by atoms with Gasteiger partial charge in [0.2, 0.25) is 5.91 Å². The van der Waals surface area contributed by atoms with Crippen LogP contribution in [0.4, 0.5) is 11.4 Å². The van der Waals surface area contributed by atoms with E-state index in [-0.39, 0.29) is 24.3 Å². The molecule has 1 atom stereocenters. The first-order valence-corrected chi connectivity index (χ1v) is 8.62. The van der Waals surface area contributed by atoms with Crippen molar-refractivity contribution in [2.24, 2.45) is 0 Å². The molecular weight excluding hydrogens is 348 g/mol. The second-order valence-electron chi connectivity index (χ2n) is 6.04. The fourth-order valence-corrected chi connectivity index (χ4v) is 2.62. The number of benzene rings is 1.